The molecule has 1 heterocycles. The van der Waals surface area contributed by atoms with Crippen LogP contribution in [0.25, 0.3) is 5.69 Å². The molecule has 0 aliphatic heterocycles. The Morgan fingerprint density at radius 1 is 1.10 bits per heavy atom. The van der Waals surface area contributed by atoms with E-state index in [0.717, 1.165) is 42.2 Å². The standard InChI is InChI=1S/C21H20N4O3S/c26-20(22-17-11-5-7-13-19(17)25(27)28)14-29-21-23-16-10-4-6-12-18(16)24(21)15-8-2-1-3-9-15/h1-3,5,7-9,11,13H,4,6,10,12,14H2,(H,22,26). The fraction of sp³-hybridized carbons (Fsp3) is 0.238. The first-order chi connectivity index (χ1) is 14.1. The minimum Gasteiger partial charge on any atom is -0.320 e. The molecule has 0 bridgehead atoms. The van der Waals surface area contributed by atoms with Gasteiger partial charge >= 0.3 is 0 Å². The van der Waals surface area contributed by atoms with Gasteiger partial charge in [0.05, 0.1) is 16.4 Å². The number of nitro benzene ring substituents is 1. The molecule has 0 saturated carbocycles. The van der Waals surface area contributed by atoms with Crippen molar-refractivity contribution in [2.75, 3.05) is 11.1 Å². The van der Waals surface area contributed by atoms with Gasteiger partial charge in [0.1, 0.15) is 5.69 Å². The number of fused-ring (bicyclic) bond motifs is 1. The van der Waals surface area contributed by atoms with Crippen LogP contribution in [0.15, 0.2) is 59.8 Å². The van der Waals surface area contributed by atoms with Gasteiger partial charge in [0.2, 0.25) is 5.91 Å². The number of hydrogen-bond acceptors (Lipinski definition) is 5. The van der Waals surface area contributed by atoms with E-state index >= 15 is 0 Å². The van der Waals surface area contributed by atoms with Crippen molar-refractivity contribution < 1.29 is 9.72 Å². The number of benzene rings is 2. The van der Waals surface area contributed by atoms with Crippen LogP contribution in [-0.4, -0.2) is 26.1 Å². The Morgan fingerprint density at radius 2 is 1.83 bits per heavy atom. The Balaban J connectivity index is 1.54. The summed E-state index contributed by atoms with van der Waals surface area (Å²) in [5, 5.41) is 14.6. The van der Waals surface area contributed by atoms with Crippen molar-refractivity contribution in [1.29, 1.82) is 0 Å². The highest BCUT2D eigenvalue weighted by Crippen LogP contribution is 2.31. The van der Waals surface area contributed by atoms with Crippen LogP contribution in [0.3, 0.4) is 0 Å². The highest BCUT2D eigenvalue weighted by atomic mass is 32.2. The molecule has 1 N–H and O–H groups in total. The van der Waals surface area contributed by atoms with Gasteiger partial charge in [-0.05, 0) is 43.9 Å². The molecule has 1 aliphatic rings. The van der Waals surface area contributed by atoms with Crippen molar-refractivity contribution in [3.63, 3.8) is 0 Å². The number of aryl methyl sites for hydroxylation is 1. The molecule has 4 rings (SSSR count). The normalized spacial score (nSPS) is 13.0. The van der Waals surface area contributed by atoms with Crippen molar-refractivity contribution in [3.8, 4) is 5.69 Å². The Hall–Kier alpha value is -3.13. The molecule has 0 spiro atoms. The maximum Gasteiger partial charge on any atom is 0.292 e. The van der Waals surface area contributed by atoms with Gasteiger partial charge < -0.3 is 5.32 Å². The summed E-state index contributed by atoms with van der Waals surface area (Å²) in [6.45, 7) is 0. The predicted molar refractivity (Wildman–Crippen MR) is 113 cm³/mol. The fourth-order valence-corrected chi connectivity index (χ4v) is 4.36. The molecule has 148 valence electrons. The zero-order chi connectivity index (χ0) is 20.2. The van der Waals surface area contributed by atoms with Crippen LogP contribution < -0.4 is 5.32 Å². The number of nitrogens with zero attached hydrogens (tertiary/aromatic N) is 3. The number of carbonyl (C=O) groups excluding carboxylic acids is 1. The van der Waals surface area contributed by atoms with E-state index in [4.69, 9.17) is 4.98 Å². The summed E-state index contributed by atoms with van der Waals surface area (Å²) in [7, 11) is 0. The minimum atomic E-state index is -0.501. The number of nitro groups is 1. The van der Waals surface area contributed by atoms with E-state index in [1.54, 1.807) is 12.1 Å². The number of amides is 1. The Kier molecular flexibility index (Phi) is 5.62. The molecule has 0 atom stereocenters. The van der Waals surface area contributed by atoms with E-state index in [-0.39, 0.29) is 23.0 Å². The third-order valence-electron chi connectivity index (χ3n) is 4.82. The molecule has 7 nitrogen and oxygen atoms in total. The zero-order valence-electron chi connectivity index (χ0n) is 15.7. The van der Waals surface area contributed by atoms with Crippen LogP contribution in [-0.2, 0) is 17.6 Å². The van der Waals surface area contributed by atoms with Gasteiger partial charge in [-0.2, -0.15) is 0 Å². The van der Waals surface area contributed by atoms with E-state index in [0.29, 0.717) is 0 Å². The number of para-hydroxylation sites is 3. The summed E-state index contributed by atoms with van der Waals surface area (Å²) in [4.78, 5) is 27.9. The topological polar surface area (TPSA) is 90.1 Å². The summed E-state index contributed by atoms with van der Waals surface area (Å²) in [5.74, 6) is -0.181. The molecule has 1 aromatic heterocycles. The largest absolute Gasteiger partial charge is 0.320 e. The van der Waals surface area contributed by atoms with Crippen molar-refractivity contribution >= 4 is 29.0 Å². The second-order valence-corrected chi connectivity index (χ2v) is 7.72. The smallest absolute Gasteiger partial charge is 0.292 e. The van der Waals surface area contributed by atoms with Crippen LogP contribution in [0, 0.1) is 10.1 Å². The first kappa shape index (κ1) is 19.2. The van der Waals surface area contributed by atoms with Crippen molar-refractivity contribution in [2.24, 2.45) is 0 Å². The van der Waals surface area contributed by atoms with Crippen LogP contribution in [0.2, 0.25) is 0 Å². The molecular weight excluding hydrogens is 388 g/mol. The molecule has 0 fully saturated rings. The lowest BCUT2D eigenvalue weighted by molar-refractivity contribution is -0.383. The van der Waals surface area contributed by atoms with E-state index in [2.05, 4.69) is 9.88 Å². The molecule has 0 unspecified atom stereocenters. The number of imidazole rings is 1. The van der Waals surface area contributed by atoms with Crippen LogP contribution in [0.4, 0.5) is 11.4 Å². The van der Waals surface area contributed by atoms with E-state index in [9.17, 15) is 14.9 Å². The Bertz CT molecular complexity index is 1050. The molecular formula is C21H20N4O3S. The summed E-state index contributed by atoms with van der Waals surface area (Å²) >= 11 is 1.35. The van der Waals surface area contributed by atoms with Gasteiger partial charge in [-0.1, -0.05) is 42.1 Å². The number of thioether (sulfide) groups is 1. The molecule has 2 aromatic carbocycles. The summed E-state index contributed by atoms with van der Waals surface area (Å²) in [5.41, 5.74) is 3.43. The molecule has 29 heavy (non-hydrogen) atoms. The van der Waals surface area contributed by atoms with Crippen LogP contribution >= 0.6 is 11.8 Å². The molecule has 0 saturated heterocycles. The van der Waals surface area contributed by atoms with Gasteiger partial charge in [0.15, 0.2) is 5.16 Å². The number of nitrogens with one attached hydrogen (secondary N) is 1. The van der Waals surface area contributed by atoms with Crippen molar-refractivity contribution in [1.82, 2.24) is 9.55 Å². The molecule has 3 aromatic rings. The summed E-state index contributed by atoms with van der Waals surface area (Å²) in [6, 6.07) is 16.2. The van der Waals surface area contributed by atoms with Gasteiger partial charge in [-0.15, -0.1) is 0 Å². The lowest BCUT2D eigenvalue weighted by atomic mass is 10.0. The number of rotatable bonds is 6. The second-order valence-electron chi connectivity index (χ2n) is 6.78. The number of aromatic nitrogens is 2. The average Bonchev–Trinajstić information content (AvgIpc) is 3.11. The molecule has 1 amide bonds. The third-order valence-corrected chi connectivity index (χ3v) is 5.76. The van der Waals surface area contributed by atoms with E-state index in [1.807, 2.05) is 30.3 Å². The van der Waals surface area contributed by atoms with Gasteiger partial charge in [-0.3, -0.25) is 19.5 Å². The van der Waals surface area contributed by atoms with Gasteiger partial charge in [0, 0.05) is 17.4 Å². The second kappa shape index (κ2) is 8.48. The zero-order valence-corrected chi connectivity index (χ0v) is 16.5. The van der Waals surface area contributed by atoms with Gasteiger partial charge in [0.25, 0.3) is 5.69 Å². The lowest BCUT2D eigenvalue weighted by Crippen LogP contribution is -2.15. The fourth-order valence-electron chi connectivity index (χ4n) is 3.51. The highest BCUT2D eigenvalue weighted by molar-refractivity contribution is 7.99. The quantitative estimate of drug-likeness (QED) is 0.371. The first-order valence-electron chi connectivity index (χ1n) is 9.45. The first-order valence-corrected chi connectivity index (χ1v) is 10.4. The SMILES string of the molecule is O=C(CSc1nc2c(n1-c1ccccc1)CCCC2)Nc1ccccc1[N+](=O)[O-]. The number of anilines is 1. The molecule has 0 radical (unpaired) electrons. The van der Waals surface area contributed by atoms with Crippen molar-refractivity contribution in [3.05, 3.63) is 76.1 Å². The maximum atomic E-state index is 12.5. The Morgan fingerprint density at radius 3 is 2.62 bits per heavy atom. The summed E-state index contributed by atoms with van der Waals surface area (Å²) in [6.07, 6.45) is 4.18. The van der Waals surface area contributed by atoms with Crippen LogP contribution in [0.1, 0.15) is 24.2 Å². The number of hydrogen-bond donors (Lipinski definition) is 1. The minimum absolute atomic E-state index is 0.118. The lowest BCUT2D eigenvalue weighted by Gasteiger charge is -2.15. The predicted octanol–water partition coefficient (Wildman–Crippen LogP) is 4.39. The average molecular weight is 408 g/mol. The summed E-state index contributed by atoms with van der Waals surface area (Å²) < 4.78 is 2.14. The van der Waals surface area contributed by atoms with Crippen molar-refractivity contribution in [2.45, 2.75) is 30.8 Å². The van der Waals surface area contributed by atoms with E-state index in [1.165, 1.54) is 29.6 Å². The number of carbonyl (C=O) groups is 1. The maximum absolute atomic E-state index is 12.5. The molecule has 8 heteroatoms. The molecule has 1 aliphatic carbocycles. The van der Waals surface area contributed by atoms with E-state index < -0.39 is 4.92 Å². The Labute approximate surface area is 172 Å². The van der Waals surface area contributed by atoms with Gasteiger partial charge in [-0.25, -0.2) is 4.98 Å². The highest BCUT2D eigenvalue weighted by Gasteiger charge is 2.22. The van der Waals surface area contributed by atoms with Crippen LogP contribution in [0.5, 0.6) is 0 Å². The monoisotopic (exact) mass is 408 g/mol. The third kappa shape index (κ3) is 4.17.